The molecular weight excluding hydrogens is 310 g/mol. The van der Waals surface area contributed by atoms with E-state index >= 15 is 0 Å². The molecule has 1 aliphatic rings. The van der Waals surface area contributed by atoms with Gasteiger partial charge in [0.25, 0.3) is 0 Å². The van der Waals surface area contributed by atoms with Gasteiger partial charge in [-0.15, -0.1) is 0 Å². The summed E-state index contributed by atoms with van der Waals surface area (Å²) in [5.74, 6) is 2.04. The van der Waals surface area contributed by atoms with E-state index in [9.17, 15) is 5.11 Å². The van der Waals surface area contributed by atoms with Crippen molar-refractivity contribution in [2.75, 3.05) is 19.9 Å². The summed E-state index contributed by atoms with van der Waals surface area (Å²) in [5.41, 5.74) is 1.14. The highest BCUT2D eigenvalue weighted by atomic mass is 16.7. The molecule has 1 aromatic carbocycles. The lowest BCUT2D eigenvalue weighted by Crippen LogP contribution is -2.38. The van der Waals surface area contributed by atoms with Gasteiger partial charge in [0.2, 0.25) is 6.79 Å². The maximum atomic E-state index is 10.1. The quantitative estimate of drug-likeness (QED) is 0.759. The molecule has 1 aliphatic heterocycles. The smallest absolute Gasteiger partial charge is 0.231 e. The van der Waals surface area contributed by atoms with Gasteiger partial charge >= 0.3 is 0 Å². The maximum absolute atomic E-state index is 10.1. The number of aryl methyl sites for hydroxylation is 1. The number of ether oxygens (including phenoxy) is 3. The van der Waals surface area contributed by atoms with Gasteiger partial charge in [0.15, 0.2) is 11.5 Å². The van der Waals surface area contributed by atoms with Crippen LogP contribution in [0.4, 0.5) is 0 Å². The lowest BCUT2D eigenvalue weighted by Gasteiger charge is -2.17. The number of aliphatic hydroxyl groups excluding tert-OH is 1. The van der Waals surface area contributed by atoms with Gasteiger partial charge in [-0.2, -0.15) is 5.10 Å². The number of fused-ring (bicyclic) bond motifs is 1. The first-order valence-corrected chi connectivity index (χ1v) is 8.03. The first kappa shape index (κ1) is 16.6. The van der Waals surface area contributed by atoms with Crippen LogP contribution < -0.4 is 19.5 Å². The van der Waals surface area contributed by atoms with Gasteiger partial charge in [0.05, 0.1) is 12.7 Å². The summed E-state index contributed by atoms with van der Waals surface area (Å²) in [6, 6.07) is 5.57. The number of aromatic nitrogens is 2. The van der Waals surface area contributed by atoms with Gasteiger partial charge < -0.3 is 24.6 Å². The number of nitrogens with zero attached hydrogens (tertiary/aromatic N) is 2. The van der Waals surface area contributed by atoms with E-state index in [2.05, 4.69) is 17.3 Å². The van der Waals surface area contributed by atoms with Gasteiger partial charge in [0, 0.05) is 24.8 Å². The molecule has 2 aromatic rings. The number of benzene rings is 1. The van der Waals surface area contributed by atoms with Crippen molar-refractivity contribution in [3.63, 3.8) is 0 Å². The summed E-state index contributed by atoms with van der Waals surface area (Å²) in [7, 11) is 0. The Kier molecular flexibility index (Phi) is 5.22. The molecule has 2 N–H and O–H groups in total. The standard InChI is InChI=1S/C17H23N3O4/c1-12-6-19-20(8-12)9-13(2)18-7-14(21)10-22-15-3-4-16-17(5-15)24-11-23-16/h3-6,8,13-14,18,21H,7,9-11H2,1-2H3/t13-,14-/m1/s1. The summed E-state index contributed by atoms with van der Waals surface area (Å²) in [4.78, 5) is 0. The molecule has 7 heteroatoms. The predicted octanol–water partition coefficient (Wildman–Crippen LogP) is 1.34. The maximum Gasteiger partial charge on any atom is 0.231 e. The zero-order valence-corrected chi connectivity index (χ0v) is 13.9. The van der Waals surface area contributed by atoms with E-state index in [1.165, 1.54) is 0 Å². The fraction of sp³-hybridized carbons (Fsp3) is 0.471. The highest BCUT2D eigenvalue weighted by Gasteiger charge is 2.14. The molecule has 2 heterocycles. The molecule has 130 valence electrons. The molecule has 0 amide bonds. The molecule has 0 saturated carbocycles. The van der Waals surface area contributed by atoms with Crippen molar-refractivity contribution in [2.45, 2.75) is 32.5 Å². The molecule has 0 saturated heterocycles. The van der Waals surface area contributed by atoms with Crippen molar-refractivity contribution in [3.8, 4) is 17.2 Å². The number of rotatable bonds is 8. The monoisotopic (exact) mass is 333 g/mol. The Morgan fingerprint density at radius 1 is 1.38 bits per heavy atom. The molecule has 0 fully saturated rings. The summed E-state index contributed by atoms with van der Waals surface area (Å²) in [5, 5.41) is 17.6. The van der Waals surface area contributed by atoms with Crippen LogP contribution in [0.1, 0.15) is 12.5 Å². The van der Waals surface area contributed by atoms with Crippen molar-refractivity contribution in [1.29, 1.82) is 0 Å². The van der Waals surface area contributed by atoms with Crippen LogP contribution in [0, 0.1) is 6.92 Å². The van der Waals surface area contributed by atoms with Crippen LogP contribution in [0.3, 0.4) is 0 Å². The molecule has 3 rings (SSSR count). The minimum atomic E-state index is -0.600. The SMILES string of the molecule is Cc1cnn(C[C@@H](C)NC[C@@H](O)COc2ccc3c(c2)OCO3)c1. The molecule has 1 aromatic heterocycles. The summed E-state index contributed by atoms with van der Waals surface area (Å²) in [6.45, 7) is 5.72. The Balaban J connectivity index is 1.38. The van der Waals surface area contributed by atoms with E-state index in [4.69, 9.17) is 14.2 Å². The van der Waals surface area contributed by atoms with Crippen molar-refractivity contribution in [3.05, 3.63) is 36.2 Å². The average Bonchev–Trinajstić information content (AvgIpc) is 3.19. The molecule has 7 nitrogen and oxygen atoms in total. The molecule has 0 aliphatic carbocycles. The Labute approximate surface area is 141 Å². The second kappa shape index (κ2) is 7.55. The Bertz CT molecular complexity index is 674. The van der Waals surface area contributed by atoms with Crippen LogP contribution in [0.5, 0.6) is 17.2 Å². The van der Waals surface area contributed by atoms with Gasteiger partial charge in [-0.25, -0.2) is 0 Å². The molecule has 0 radical (unpaired) electrons. The van der Waals surface area contributed by atoms with Crippen LogP contribution in [0.2, 0.25) is 0 Å². The third-order valence-corrected chi connectivity index (χ3v) is 3.71. The summed E-state index contributed by atoms with van der Waals surface area (Å²) < 4.78 is 18.0. The highest BCUT2D eigenvalue weighted by Crippen LogP contribution is 2.35. The fourth-order valence-corrected chi connectivity index (χ4v) is 2.47. The average molecular weight is 333 g/mol. The second-order valence-corrected chi connectivity index (χ2v) is 6.03. The van der Waals surface area contributed by atoms with Crippen LogP contribution in [-0.4, -0.2) is 47.0 Å². The van der Waals surface area contributed by atoms with E-state index in [-0.39, 0.29) is 19.4 Å². The van der Waals surface area contributed by atoms with Crippen LogP contribution >= 0.6 is 0 Å². The molecule has 2 atom stereocenters. The normalized spacial score (nSPS) is 15.3. The van der Waals surface area contributed by atoms with E-state index in [0.29, 0.717) is 23.8 Å². The zero-order chi connectivity index (χ0) is 16.9. The third kappa shape index (κ3) is 4.39. The van der Waals surface area contributed by atoms with Crippen LogP contribution in [0.15, 0.2) is 30.6 Å². The Morgan fingerprint density at radius 2 is 2.21 bits per heavy atom. The van der Waals surface area contributed by atoms with Gasteiger partial charge in [-0.05, 0) is 31.5 Å². The molecular formula is C17H23N3O4. The van der Waals surface area contributed by atoms with Crippen molar-refractivity contribution in [2.24, 2.45) is 0 Å². The number of hydrogen-bond donors (Lipinski definition) is 2. The van der Waals surface area contributed by atoms with E-state index in [1.54, 1.807) is 18.2 Å². The van der Waals surface area contributed by atoms with E-state index < -0.39 is 6.10 Å². The third-order valence-electron chi connectivity index (χ3n) is 3.71. The van der Waals surface area contributed by atoms with Crippen LogP contribution in [0.25, 0.3) is 0 Å². The molecule has 0 unspecified atom stereocenters. The second-order valence-electron chi connectivity index (χ2n) is 6.03. The van der Waals surface area contributed by atoms with Gasteiger partial charge in [-0.3, -0.25) is 4.68 Å². The summed E-state index contributed by atoms with van der Waals surface area (Å²) in [6.07, 6.45) is 3.23. The van der Waals surface area contributed by atoms with Gasteiger partial charge in [0.1, 0.15) is 18.5 Å². The van der Waals surface area contributed by atoms with Crippen molar-refractivity contribution < 1.29 is 19.3 Å². The lowest BCUT2D eigenvalue weighted by atomic mass is 10.3. The van der Waals surface area contributed by atoms with Crippen LogP contribution in [-0.2, 0) is 6.54 Å². The fourth-order valence-electron chi connectivity index (χ4n) is 2.47. The van der Waals surface area contributed by atoms with E-state index in [0.717, 1.165) is 12.1 Å². The Hall–Kier alpha value is -2.25. The van der Waals surface area contributed by atoms with Crippen molar-refractivity contribution >= 4 is 0 Å². The van der Waals surface area contributed by atoms with Crippen molar-refractivity contribution in [1.82, 2.24) is 15.1 Å². The zero-order valence-electron chi connectivity index (χ0n) is 13.9. The van der Waals surface area contributed by atoms with E-state index in [1.807, 2.05) is 24.0 Å². The minimum Gasteiger partial charge on any atom is -0.491 e. The first-order chi connectivity index (χ1) is 11.6. The predicted molar refractivity (Wildman–Crippen MR) is 88.5 cm³/mol. The largest absolute Gasteiger partial charge is 0.491 e. The van der Waals surface area contributed by atoms with Gasteiger partial charge in [-0.1, -0.05) is 0 Å². The summed E-state index contributed by atoms with van der Waals surface area (Å²) >= 11 is 0. The minimum absolute atomic E-state index is 0.199. The Morgan fingerprint density at radius 3 is 3.00 bits per heavy atom. The molecule has 0 bridgehead atoms. The first-order valence-electron chi connectivity index (χ1n) is 8.03. The highest BCUT2D eigenvalue weighted by molar-refractivity contribution is 5.46. The number of aliphatic hydroxyl groups is 1. The molecule has 0 spiro atoms. The molecule has 24 heavy (non-hydrogen) atoms. The topological polar surface area (TPSA) is 77.8 Å². The number of nitrogens with one attached hydrogen (secondary N) is 1. The lowest BCUT2D eigenvalue weighted by molar-refractivity contribution is 0.103. The number of hydrogen-bond acceptors (Lipinski definition) is 6.